The van der Waals surface area contributed by atoms with Crippen molar-refractivity contribution in [2.24, 2.45) is 0 Å². The third-order valence-corrected chi connectivity index (χ3v) is 4.01. The molecule has 0 amide bonds. The van der Waals surface area contributed by atoms with Gasteiger partial charge in [0.15, 0.2) is 0 Å². The molecule has 0 spiro atoms. The van der Waals surface area contributed by atoms with Gasteiger partial charge in [0, 0.05) is 44.4 Å². The Balaban J connectivity index is 1.47. The van der Waals surface area contributed by atoms with E-state index in [4.69, 9.17) is 9.47 Å². The summed E-state index contributed by atoms with van der Waals surface area (Å²) in [5.74, 6) is 1.56. The molecule has 2 aliphatic heterocycles. The van der Waals surface area contributed by atoms with Gasteiger partial charge < -0.3 is 19.5 Å². The van der Waals surface area contributed by atoms with E-state index >= 15 is 0 Å². The Morgan fingerprint density at radius 1 is 1.30 bits per heavy atom. The van der Waals surface area contributed by atoms with E-state index in [9.17, 15) is 5.11 Å². The number of nitrogens with zero attached hydrogens (tertiary/aromatic N) is 2. The average Bonchev–Trinajstić information content (AvgIpc) is 2.82. The summed E-state index contributed by atoms with van der Waals surface area (Å²) < 4.78 is 11.2. The predicted octanol–water partition coefficient (Wildman–Crippen LogP) is 0.739. The third kappa shape index (κ3) is 3.06. The molecule has 1 saturated heterocycles. The molecule has 2 aliphatic rings. The first-order chi connectivity index (χ1) is 9.72. The molecular formula is C15H22N2O3. The molecule has 0 bridgehead atoms. The Morgan fingerprint density at radius 2 is 2.10 bits per heavy atom. The summed E-state index contributed by atoms with van der Waals surface area (Å²) in [4.78, 5) is 4.77. The molecule has 3 rings (SSSR count). The zero-order chi connectivity index (χ0) is 13.9. The minimum Gasteiger partial charge on any atom is -0.492 e. The van der Waals surface area contributed by atoms with Crippen molar-refractivity contribution in [3.8, 4) is 11.5 Å². The summed E-state index contributed by atoms with van der Waals surface area (Å²) in [6.07, 6.45) is -0.496. The van der Waals surface area contributed by atoms with Crippen LogP contribution in [0.5, 0.6) is 11.5 Å². The van der Waals surface area contributed by atoms with Crippen molar-refractivity contribution < 1.29 is 14.6 Å². The first-order valence-corrected chi connectivity index (χ1v) is 7.21. The molecule has 1 N–H and O–H groups in total. The summed E-state index contributed by atoms with van der Waals surface area (Å²) in [6.45, 7) is 6.47. The van der Waals surface area contributed by atoms with Crippen LogP contribution < -0.4 is 9.47 Å². The molecule has 1 fully saturated rings. The standard InChI is InChI=1S/C15H22N2O3/c1-16-4-6-17(7-5-16)8-9-19-12-2-3-13-14(18)11-20-15(13)10-12/h2-3,10,14,18H,4-9,11H2,1H3. The Morgan fingerprint density at radius 3 is 2.90 bits per heavy atom. The van der Waals surface area contributed by atoms with E-state index in [1.807, 2.05) is 18.2 Å². The van der Waals surface area contributed by atoms with Gasteiger partial charge in [0.25, 0.3) is 0 Å². The summed E-state index contributed by atoms with van der Waals surface area (Å²) >= 11 is 0. The second-order valence-corrected chi connectivity index (χ2v) is 5.52. The molecular weight excluding hydrogens is 256 g/mol. The summed E-state index contributed by atoms with van der Waals surface area (Å²) in [5.41, 5.74) is 0.858. The number of benzene rings is 1. The number of fused-ring (bicyclic) bond motifs is 1. The van der Waals surface area contributed by atoms with Crippen LogP contribution in [-0.4, -0.2) is 67.9 Å². The van der Waals surface area contributed by atoms with Gasteiger partial charge in [-0.2, -0.15) is 0 Å². The predicted molar refractivity (Wildman–Crippen MR) is 76.3 cm³/mol. The fourth-order valence-electron chi connectivity index (χ4n) is 2.63. The number of piperazine rings is 1. The van der Waals surface area contributed by atoms with E-state index < -0.39 is 6.10 Å². The van der Waals surface area contributed by atoms with Gasteiger partial charge in [-0.05, 0) is 19.2 Å². The fourth-order valence-corrected chi connectivity index (χ4v) is 2.63. The molecule has 20 heavy (non-hydrogen) atoms. The molecule has 1 aromatic carbocycles. The summed E-state index contributed by atoms with van der Waals surface area (Å²) in [6, 6.07) is 5.66. The van der Waals surface area contributed by atoms with Crippen molar-refractivity contribution in [3.05, 3.63) is 23.8 Å². The first kappa shape index (κ1) is 13.7. The minimum absolute atomic E-state index is 0.347. The van der Waals surface area contributed by atoms with Crippen LogP contribution in [0.15, 0.2) is 18.2 Å². The Kier molecular flexibility index (Phi) is 4.10. The number of hydrogen-bond acceptors (Lipinski definition) is 5. The third-order valence-electron chi connectivity index (χ3n) is 4.01. The van der Waals surface area contributed by atoms with Crippen molar-refractivity contribution in [2.45, 2.75) is 6.10 Å². The highest BCUT2D eigenvalue weighted by atomic mass is 16.5. The van der Waals surface area contributed by atoms with Crippen LogP contribution in [0, 0.1) is 0 Å². The van der Waals surface area contributed by atoms with Gasteiger partial charge in [-0.25, -0.2) is 0 Å². The number of hydrogen-bond donors (Lipinski definition) is 1. The maximum Gasteiger partial charge on any atom is 0.129 e. The van der Waals surface area contributed by atoms with E-state index in [0.29, 0.717) is 13.2 Å². The zero-order valence-corrected chi connectivity index (χ0v) is 11.9. The number of aliphatic hydroxyl groups excluding tert-OH is 1. The first-order valence-electron chi connectivity index (χ1n) is 7.21. The van der Waals surface area contributed by atoms with E-state index in [1.165, 1.54) is 0 Å². The lowest BCUT2D eigenvalue weighted by Crippen LogP contribution is -2.45. The molecule has 2 heterocycles. The molecule has 0 aliphatic carbocycles. The van der Waals surface area contributed by atoms with Crippen LogP contribution in [0.4, 0.5) is 0 Å². The van der Waals surface area contributed by atoms with Gasteiger partial charge in [-0.1, -0.05) is 0 Å². The topological polar surface area (TPSA) is 45.2 Å². The zero-order valence-electron chi connectivity index (χ0n) is 11.9. The van der Waals surface area contributed by atoms with Crippen LogP contribution in [0.25, 0.3) is 0 Å². The number of likely N-dealkylation sites (N-methyl/N-ethyl adjacent to an activating group) is 1. The van der Waals surface area contributed by atoms with Crippen molar-refractivity contribution in [2.75, 3.05) is 53.0 Å². The lowest BCUT2D eigenvalue weighted by Gasteiger charge is -2.32. The fraction of sp³-hybridized carbons (Fsp3) is 0.600. The molecule has 1 atom stereocenters. The van der Waals surface area contributed by atoms with E-state index in [-0.39, 0.29) is 0 Å². The Bertz CT molecular complexity index is 458. The normalized spacial score (nSPS) is 23.4. The van der Waals surface area contributed by atoms with Crippen molar-refractivity contribution in [1.29, 1.82) is 0 Å². The maximum atomic E-state index is 9.66. The largest absolute Gasteiger partial charge is 0.492 e. The van der Waals surface area contributed by atoms with Gasteiger partial charge in [0.05, 0.1) is 0 Å². The molecule has 0 aromatic heterocycles. The Hall–Kier alpha value is -1.30. The average molecular weight is 278 g/mol. The van der Waals surface area contributed by atoms with Crippen LogP contribution >= 0.6 is 0 Å². The van der Waals surface area contributed by atoms with Crippen LogP contribution in [0.2, 0.25) is 0 Å². The number of rotatable bonds is 4. The van der Waals surface area contributed by atoms with E-state index in [1.54, 1.807) is 0 Å². The smallest absolute Gasteiger partial charge is 0.129 e. The summed E-state index contributed by atoms with van der Waals surface area (Å²) in [7, 11) is 2.16. The molecule has 1 aromatic rings. The lowest BCUT2D eigenvalue weighted by atomic mass is 10.1. The number of aliphatic hydroxyl groups is 1. The van der Waals surface area contributed by atoms with Gasteiger partial charge in [-0.15, -0.1) is 0 Å². The molecule has 110 valence electrons. The van der Waals surface area contributed by atoms with Crippen molar-refractivity contribution in [3.63, 3.8) is 0 Å². The molecule has 5 heteroatoms. The van der Waals surface area contributed by atoms with Gasteiger partial charge in [0.2, 0.25) is 0 Å². The van der Waals surface area contributed by atoms with Crippen molar-refractivity contribution >= 4 is 0 Å². The number of ether oxygens (including phenoxy) is 2. The van der Waals surface area contributed by atoms with Crippen LogP contribution in [0.1, 0.15) is 11.7 Å². The molecule has 1 unspecified atom stereocenters. The second-order valence-electron chi connectivity index (χ2n) is 5.52. The lowest BCUT2D eigenvalue weighted by molar-refractivity contribution is 0.133. The molecule has 0 saturated carbocycles. The minimum atomic E-state index is -0.496. The van der Waals surface area contributed by atoms with Crippen LogP contribution in [0.3, 0.4) is 0 Å². The van der Waals surface area contributed by atoms with Crippen LogP contribution in [-0.2, 0) is 0 Å². The van der Waals surface area contributed by atoms with Gasteiger partial charge in [0.1, 0.15) is 30.8 Å². The van der Waals surface area contributed by atoms with E-state index in [2.05, 4.69) is 16.8 Å². The second kappa shape index (κ2) is 5.99. The monoisotopic (exact) mass is 278 g/mol. The molecule has 5 nitrogen and oxygen atoms in total. The molecule has 0 radical (unpaired) electrons. The highest BCUT2D eigenvalue weighted by molar-refractivity contribution is 5.44. The van der Waals surface area contributed by atoms with E-state index in [0.717, 1.165) is 49.8 Å². The summed E-state index contributed by atoms with van der Waals surface area (Å²) in [5, 5.41) is 9.66. The quantitative estimate of drug-likeness (QED) is 0.880. The Labute approximate surface area is 119 Å². The highest BCUT2D eigenvalue weighted by Gasteiger charge is 2.22. The highest BCUT2D eigenvalue weighted by Crippen LogP contribution is 2.34. The maximum absolute atomic E-state index is 9.66. The van der Waals surface area contributed by atoms with Crippen molar-refractivity contribution in [1.82, 2.24) is 9.80 Å². The van der Waals surface area contributed by atoms with Gasteiger partial charge in [-0.3, -0.25) is 4.90 Å². The van der Waals surface area contributed by atoms with Gasteiger partial charge >= 0.3 is 0 Å². The SMILES string of the molecule is CN1CCN(CCOc2ccc3c(c2)OCC3O)CC1.